The van der Waals surface area contributed by atoms with Crippen molar-refractivity contribution in [2.75, 3.05) is 31.6 Å². The summed E-state index contributed by atoms with van der Waals surface area (Å²) < 4.78 is 0. The molecule has 110 valence electrons. The van der Waals surface area contributed by atoms with Crippen molar-refractivity contribution in [3.8, 4) is 0 Å². The minimum absolute atomic E-state index is 0.192. The van der Waals surface area contributed by atoms with Crippen LogP contribution in [0.15, 0.2) is 24.3 Å². The highest BCUT2D eigenvalue weighted by molar-refractivity contribution is 5.94. The Morgan fingerprint density at radius 2 is 1.60 bits per heavy atom. The first-order valence-corrected chi connectivity index (χ1v) is 7.83. The molecule has 0 unspecified atom stereocenters. The Morgan fingerprint density at radius 1 is 1.05 bits per heavy atom. The molecule has 0 atom stereocenters. The zero-order valence-corrected chi connectivity index (χ0v) is 12.8. The number of amides is 1. The number of hydrogen-bond donors (Lipinski definition) is 0. The summed E-state index contributed by atoms with van der Waals surface area (Å²) in [6.45, 7) is 4.92. The van der Waals surface area contributed by atoms with Crippen molar-refractivity contribution < 1.29 is 4.79 Å². The topological polar surface area (TPSA) is 23.6 Å². The van der Waals surface area contributed by atoms with Crippen LogP contribution in [0.5, 0.6) is 0 Å². The van der Waals surface area contributed by atoms with E-state index >= 15 is 0 Å². The Hall–Kier alpha value is -1.51. The number of carbonyl (C=O) groups excluding carboxylic acids is 1. The molecular weight excluding hydrogens is 248 g/mol. The van der Waals surface area contributed by atoms with Crippen LogP contribution in [0.3, 0.4) is 0 Å². The molecule has 1 aliphatic rings. The fourth-order valence-corrected chi connectivity index (χ4v) is 2.67. The number of likely N-dealkylation sites (tertiary alicyclic amines) is 1. The van der Waals surface area contributed by atoms with Gasteiger partial charge >= 0.3 is 0 Å². The van der Waals surface area contributed by atoms with E-state index in [1.807, 2.05) is 29.2 Å². The van der Waals surface area contributed by atoms with Crippen LogP contribution < -0.4 is 4.90 Å². The Morgan fingerprint density at radius 3 is 2.15 bits per heavy atom. The summed E-state index contributed by atoms with van der Waals surface area (Å²) >= 11 is 0. The van der Waals surface area contributed by atoms with Gasteiger partial charge in [-0.05, 0) is 44.0 Å². The highest BCUT2D eigenvalue weighted by Gasteiger charge is 2.16. The van der Waals surface area contributed by atoms with E-state index in [0.717, 1.165) is 43.7 Å². The van der Waals surface area contributed by atoms with Gasteiger partial charge in [0.15, 0.2) is 0 Å². The second-order valence-electron chi connectivity index (χ2n) is 5.62. The van der Waals surface area contributed by atoms with E-state index in [0.29, 0.717) is 0 Å². The molecule has 0 N–H and O–H groups in total. The van der Waals surface area contributed by atoms with Gasteiger partial charge in [0.25, 0.3) is 5.91 Å². The van der Waals surface area contributed by atoms with Gasteiger partial charge in [-0.25, -0.2) is 0 Å². The lowest BCUT2D eigenvalue weighted by atomic mass is 10.1. The Bertz CT molecular complexity index is 419. The van der Waals surface area contributed by atoms with E-state index in [1.54, 1.807) is 0 Å². The van der Waals surface area contributed by atoms with E-state index in [4.69, 9.17) is 0 Å². The predicted octanol–water partition coefficient (Wildman–Crippen LogP) is 3.55. The maximum atomic E-state index is 12.5. The number of rotatable bonds is 3. The first-order valence-electron chi connectivity index (χ1n) is 7.83. The summed E-state index contributed by atoms with van der Waals surface area (Å²) in [6, 6.07) is 8.01. The molecule has 0 radical (unpaired) electrons. The quantitative estimate of drug-likeness (QED) is 0.841. The average Bonchev–Trinajstić information content (AvgIpc) is 2.46. The van der Waals surface area contributed by atoms with Crippen LogP contribution in [0, 0.1) is 0 Å². The number of benzene rings is 1. The zero-order valence-electron chi connectivity index (χ0n) is 12.8. The van der Waals surface area contributed by atoms with Gasteiger partial charge in [0.1, 0.15) is 0 Å². The molecule has 0 spiro atoms. The van der Waals surface area contributed by atoms with Crippen LogP contribution in [0.25, 0.3) is 0 Å². The van der Waals surface area contributed by atoms with Gasteiger partial charge in [0.05, 0.1) is 0 Å². The van der Waals surface area contributed by atoms with E-state index in [1.165, 1.54) is 19.3 Å². The third-order valence-corrected chi connectivity index (χ3v) is 4.17. The molecule has 0 saturated carbocycles. The van der Waals surface area contributed by atoms with Crippen molar-refractivity contribution >= 4 is 11.6 Å². The van der Waals surface area contributed by atoms with Crippen molar-refractivity contribution in [2.45, 2.75) is 39.0 Å². The van der Waals surface area contributed by atoms with Crippen LogP contribution in [-0.2, 0) is 0 Å². The molecule has 20 heavy (non-hydrogen) atoms. The van der Waals surface area contributed by atoms with Crippen molar-refractivity contribution in [1.29, 1.82) is 0 Å². The second kappa shape index (κ2) is 7.32. The zero-order chi connectivity index (χ0) is 14.4. The average molecular weight is 274 g/mol. The molecule has 1 aliphatic heterocycles. The van der Waals surface area contributed by atoms with E-state index < -0.39 is 0 Å². The van der Waals surface area contributed by atoms with E-state index in [-0.39, 0.29) is 5.91 Å². The van der Waals surface area contributed by atoms with Gasteiger partial charge in [0, 0.05) is 37.9 Å². The Kier molecular flexibility index (Phi) is 5.45. The fourth-order valence-electron chi connectivity index (χ4n) is 2.67. The Balaban J connectivity index is 2.03. The standard InChI is InChI=1S/C17H26N2O/c1-3-18(2)16-11-9-15(10-12-16)17(20)19-13-7-5-4-6-8-14-19/h9-12H,3-8,13-14H2,1-2H3. The fraction of sp³-hybridized carbons (Fsp3) is 0.588. The first kappa shape index (κ1) is 14.9. The molecule has 1 amide bonds. The second-order valence-corrected chi connectivity index (χ2v) is 5.62. The SMILES string of the molecule is CCN(C)c1ccc(C(=O)N2CCCCCCC2)cc1. The summed E-state index contributed by atoms with van der Waals surface area (Å²) in [7, 11) is 2.06. The van der Waals surface area contributed by atoms with E-state index in [9.17, 15) is 4.79 Å². The summed E-state index contributed by atoms with van der Waals surface area (Å²) in [5, 5.41) is 0. The van der Waals surface area contributed by atoms with Crippen LogP contribution in [-0.4, -0.2) is 37.5 Å². The molecule has 0 aromatic heterocycles. The van der Waals surface area contributed by atoms with Gasteiger partial charge in [-0.1, -0.05) is 19.3 Å². The maximum Gasteiger partial charge on any atom is 0.253 e. The lowest BCUT2D eigenvalue weighted by Crippen LogP contribution is -2.33. The lowest BCUT2D eigenvalue weighted by Gasteiger charge is -2.25. The van der Waals surface area contributed by atoms with Gasteiger partial charge in [-0.15, -0.1) is 0 Å². The number of hydrogen-bond acceptors (Lipinski definition) is 2. The Labute approximate surface area is 122 Å². The molecular formula is C17H26N2O. The highest BCUT2D eigenvalue weighted by atomic mass is 16.2. The van der Waals surface area contributed by atoms with Crippen molar-refractivity contribution in [2.24, 2.45) is 0 Å². The number of carbonyl (C=O) groups is 1. The summed E-state index contributed by atoms with van der Waals surface area (Å²) in [6.07, 6.45) is 6.11. The van der Waals surface area contributed by atoms with Crippen molar-refractivity contribution in [3.05, 3.63) is 29.8 Å². The van der Waals surface area contributed by atoms with Crippen LogP contribution in [0.4, 0.5) is 5.69 Å². The summed E-state index contributed by atoms with van der Waals surface area (Å²) in [5.41, 5.74) is 1.98. The smallest absolute Gasteiger partial charge is 0.253 e. The summed E-state index contributed by atoms with van der Waals surface area (Å²) in [4.78, 5) is 16.7. The largest absolute Gasteiger partial charge is 0.375 e. The molecule has 3 nitrogen and oxygen atoms in total. The summed E-state index contributed by atoms with van der Waals surface area (Å²) in [5.74, 6) is 0.192. The maximum absolute atomic E-state index is 12.5. The monoisotopic (exact) mass is 274 g/mol. The van der Waals surface area contributed by atoms with Crippen molar-refractivity contribution in [1.82, 2.24) is 4.90 Å². The van der Waals surface area contributed by atoms with Gasteiger partial charge < -0.3 is 9.80 Å². The molecule has 1 fully saturated rings. The molecule has 0 bridgehead atoms. The van der Waals surface area contributed by atoms with Crippen LogP contribution in [0.1, 0.15) is 49.4 Å². The lowest BCUT2D eigenvalue weighted by molar-refractivity contribution is 0.0742. The molecule has 2 rings (SSSR count). The predicted molar refractivity (Wildman–Crippen MR) is 84.4 cm³/mol. The third-order valence-electron chi connectivity index (χ3n) is 4.17. The first-order chi connectivity index (χ1) is 9.72. The minimum atomic E-state index is 0.192. The third kappa shape index (κ3) is 3.75. The highest BCUT2D eigenvalue weighted by Crippen LogP contribution is 2.17. The normalized spacial score (nSPS) is 16.4. The van der Waals surface area contributed by atoms with E-state index in [2.05, 4.69) is 18.9 Å². The number of anilines is 1. The van der Waals surface area contributed by atoms with Crippen LogP contribution >= 0.6 is 0 Å². The molecule has 1 aromatic rings. The van der Waals surface area contributed by atoms with Gasteiger partial charge in [0.2, 0.25) is 0 Å². The minimum Gasteiger partial charge on any atom is -0.375 e. The molecule has 0 aliphatic carbocycles. The van der Waals surface area contributed by atoms with Crippen molar-refractivity contribution in [3.63, 3.8) is 0 Å². The molecule has 1 saturated heterocycles. The number of nitrogens with zero attached hydrogens (tertiary/aromatic N) is 2. The van der Waals surface area contributed by atoms with Gasteiger partial charge in [-0.3, -0.25) is 4.79 Å². The molecule has 1 aromatic carbocycles. The molecule has 1 heterocycles. The van der Waals surface area contributed by atoms with Crippen LogP contribution in [0.2, 0.25) is 0 Å². The van der Waals surface area contributed by atoms with Gasteiger partial charge in [-0.2, -0.15) is 0 Å². The molecule has 3 heteroatoms.